The van der Waals surface area contributed by atoms with E-state index in [1.54, 1.807) is 24.3 Å². The van der Waals surface area contributed by atoms with Crippen molar-refractivity contribution < 1.29 is 9.90 Å². The van der Waals surface area contributed by atoms with Crippen molar-refractivity contribution in [1.82, 2.24) is 4.90 Å². The van der Waals surface area contributed by atoms with Crippen LogP contribution in [0.4, 0.5) is 0 Å². The Hall–Kier alpha value is -0.900. The Morgan fingerprint density at radius 3 is 2.72 bits per heavy atom. The van der Waals surface area contributed by atoms with Gasteiger partial charge in [0.05, 0.1) is 12.6 Å². The van der Waals surface area contributed by atoms with Crippen molar-refractivity contribution in [3.63, 3.8) is 0 Å². The number of ketones is 1. The Morgan fingerprint density at radius 1 is 1.44 bits per heavy atom. The minimum atomic E-state index is -0.240. The third kappa shape index (κ3) is 4.09. The number of aliphatic hydroxyl groups is 1. The molecule has 1 aromatic carbocycles. The largest absolute Gasteiger partial charge is 0.395 e. The highest BCUT2D eigenvalue weighted by Crippen LogP contribution is 2.14. The first-order chi connectivity index (χ1) is 8.60. The predicted molar refractivity (Wildman–Crippen MR) is 74.2 cm³/mol. The van der Waals surface area contributed by atoms with Gasteiger partial charge in [-0.2, -0.15) is 0 Å². The molecule has 1 unspecified atom stereocenters. The molecule has 1 atom stereocenters. The molecule has 3 nitrogen and oxygen atoms in total. The van der Waals surface area contributed by atoms with Gasteiger partial charge in [0.1, 0.15) is 0 Å². The molecule has 0 bridgehead atoms. The molecule has 0 aromatic heterocycles. The first-order valence-corrected chi connectivity index (χ1v) is 6.62. The minimum Gasteiger partial charge on any atom is -0.395 e. The van der Waals surface area contributed by atoms with Gasteiger partial charge in [-0.25, -0.2) is 0 Å². The third-order valence-electron chi connectivity index (χ3n) is 2.93. The lowest BCUT2D eigenvalue weighted by molar-refractivity contribution is 0.0808. The van der Waals surface area contributed by atoms with Gasteiger partial charge in [-0.1, -0.05) is 30.7 Å². The molecular formula is C14H20ClNO2. The summed E-state index contributed by atoms with van der Waals surface area (Å²) in [6.07, 6.45) is 0.952. The fourth-order valence-electron chi connectivity index (χ4n) is 1.96. The zero-order chi connectivity index (χ0) is 13.5. The van der Waals surface area contributed by atoms with Crippen LogP contribution in [0.1, 0.15) is 30.6 Å². The number of rotatable bonds is 7. The van der Waals surface area contributed by atoms with Gasteiger partial charge < -0.3 is 5.11 Å². The molecule has 0 saturated carbocycles. The number of carbonyl (C=O) groups excluding carboxylic acids is 1. The monoisotopic (exact) mass is 269 g/mol. The van der Waals surface area contributed by atoms with E-state index in [2.05, 4.69) is 6.92 Å². The molecule has 1 aromatic rings. The van der Waals surface area contributed by atoms with Crippen molar-refractivity contribution in [2.45, 2.75) is 26.3 Å². The number of carbonyl (C=O) groups is 1. The summed E-state index contributed by atoms with van der Waals surface area (Å²) in [6, 6.07) is 6.74. The molecule has 4 heteroatoms. The number of benzene rings is 1. The second kappa shape index (κ2) is 7.52. The second-order valence-electron chi connectivity index (χ2n) is 4.31. The second-order valence-corrected chi connectivity index (χ2v) is 4.75. The maximum absolute atomic E-state index is 12.3. The van der Waals surface area contributed by atoms with Crippen LogP contribution in [0, 0.1) is 0 Å². The molecule has 18 heavy (non-hydrogen) atoms. The molecule has 0 aliphatic heterocycles. The number of Topliss-reactive ketones (excluding diaryl/α,β-unsaturated/α-hetero) is 1. The fourth-order valence-corrected chi connectivity index (χ4v) is 2.15. The molecule has 1 rings (SSSR count). The molecular weight excluding hydrogens is 250 g/mol. The quantitative estimate of drug-likeness (QED) is 0.774. The standard InChI is InChI=1S/C14H20ClNO2/c1-3-7-16(8-9-17)11(2)14(18)12-5-4-6-13(15)10-12/h4-6,10-11,17H,3,7-9H2,1-2H3. The summed E-state index contributed by atoms with van der Waals surface area (Å²) in [6.45, 7) is 5.30. The van der Waals surface area contributed by atoms with Crippen molar-refractivity contribution in [2.24, 2.45) is 0 Å². The van der Waals surface area contributed by atoms with Crippen LogP contribution in [0.2, 0.25) is 5.02 Å². The lowest BCUT2D eigenvalue weighted by atomic mass is 10.0. The topological polar surface area (TPSA) is 40.5 Å². The van der Waals surface area contributed by atoms with Crippen molar-refractivity contribution in [2.75, 3.05) is 19.7 Å². The molecule has 0 aliphatic carbocycles. The van der Waals surface area contributed by atoms with Crippen LogP contribution in [0.25, 0.3) is 0 Å². The smallest absolute Gasteiger partial charge is 0.179 e. The van der Waals surface area contributed by atoms with Gasteiger partial charge in [0.25, 0.3) is 0 Å². The SMILES string of the molecule is CCCN(CCO)C(C)C(=O)c1cccc(Cl)c1. The highest BCUT2D eigenvalue weighted by Gasteiger charge is 2.21. The number of halogens is 1. The van der Waals surface area contributed by atoms with Gasteiger partial charge in [-0.3, -0.25) is 9.69 Å². The summed E-state index contributed by atoms with van der Waals surface area (Å²) < 4.78 is 0. The number of hydrogen-bond donors (Lipinski definition) is 1. The van der Waals surface area contributed by atoms with Crippen molar-refractivity contribution in [3.8, 4) is 0 Å². The summed E-state index contributed by atoms with van der Waals surface area (Å²) in [7, 11) is 0. The molecule has 0 radical (unpaired) electrons. The van der Waals surface area contributed by atoms with Gasteiger partial charge in [-0.15, -0.1) is 0 Å². The molecule has 0 heterocycles. The number of nitrogens with zero attached hydrogens (tertiary/aromatic N) is 1. The molecule has 0 amide bonds. The average molecular weight is 270 g/mol. The maximum atomic E-state index is 12.3. The van der Waals surface area contributed by atoms with Gasteiger partial charge >= 0.3 is 0 Å². The lowest BCUT2D eigenvalue weighted by Gasteiger charge is -2.27. The maximum Gasteiger partial charge on any atom is 0.179 e. The van der Waals surface area contributed by atoms with Crippen LogP contribution < -0.4 is 0 Å². The van der Waals surface area contributed by atoms with E-state index in [0.717, 1.165) is 13.0 Å². The van der Waals surface area contributed by atoms with Gasteiger partial charge in [0, 0.05) is 17.1 Å². The van der Waals surface area contributed by atoms with Crippen LogP contribution in [0.15, 0.2) is 24.3 Å². The van der Waals surface area contributed by atoms with Gasteiger partial charge in [0.15, 0.2) is 5.78 Å². The normalized spacial score (nSPS) is 12.7. The number of hydrogen-bond acceptors (Lipinski definition) is 3. The van der Waals surface area contributed by atoms with Crippen molar-refractivity contribution in [3.05, 3.63) is 34.9 Å². The summed E-state index contributed by atoms with van der Waals surface area (Å²) >= 11 is 5.89. The van der Waals surface area contributed by atoms with E-state index in [9.17, 15) is 4.79 Å². The van der Waals surface area contributed by atoms with Crippen molar-refractivity contribution >= 4 is 17.4 Å². The molecule has 0 spiro atoms. The highest BCUT2D eigenvalue weighted by atomic mass is 35.5. The van der Waals surface area contributed by atoms with E-state index in [0.29, 0.717) is 17.1 Å². The third-order valence-corrected chi connectivity index (χ3v) is 3.17. The molecule has 100 valence electrons. The Bertz CT molecular complexity index is 389. The summed E-state index contributed by atoms with van der Waals surface area (Å²) in [5.41, 5.74) is 0.619. The molecule has 0 fully saturated rings. The van der Waals surface area contributed by atoms with E-state index < -0.39 is 0 Å². The van der Waals surface area contributed by atoms with E-state index >= 15 is 0 Å². The van der Waals surface area contributed by atoms with Crippen LogP contribution in [-0.2, 0) is 0 Å². The van der Waals surface area contributed by atoms with Crippen LogP contribution >= 0.6 is 11.6 Å². The Labute approximate surface area is 113 Å². The van der Waals surface area contributed by atoms with E-state index in [4.69, 9.17) is 16.7 Å². The summed E-state index contributed by atoms with van der Waals surface area (Å²) in [5, 5.41) is 9.60. The Balaban J connectivity index is 2.81. The van der Waals surface area contributed by atoms with Gasteiger partial charge in [0.2, 0.25) is 0 Å². The van der Waals surface area contributed by atoms with Crippen LogP contribution in [-0.4, -0.2) is 41.5 Å². The van der Waals surface area contributed by atoms with Gasteiger partial charge in [-0.05, 0) is 32.0 Å². The fraction of sp³-hybridized carbons (Fsp3) is 0.500. The zero-order valence-corrected chi connectivity index (χ0v) is 11.7. The Morgan fingerprint density at radius 2 is 2.17 bits per heavy atom. The van der Waals surface area contributed by atoms with Crippen LogP contribution in [0.5, 0.6) is 0 Å². The highest BCUT2D eigenvalue weighted by molar-refractivity contribution is 6.31. The Kier molecular flexibility index (Phi) is 6.33. The first kappa shape index (κ1) is 15.2. The van der Waals surface area contributed by atoms with Crippen molar-refractivity contribution in [1.29, 1.82) is 0 Å². The summed E-state index contributed by atoms with van der Waals surface area (Å²) in [5.74, 6) is 0.0411. The lowest BCUT2D eigenvalue weighted by Crippen LogP contribution is -2.41. The minimum absolute atomic E-state index is 0.0411. The summed E-state index contributed by atoms with van der Waals surface area (Å²) in [4.78, 5) is 14.3. The zero-order valence-electron chi connectivity index (χ0n) is 10.9. The van der Waals surface area contributed by atoms with E-state index in [-0.39, 0.29) is 18.4 Å². The van der Waals surface area contributed by atoms with E-state index in [1.807, 2.05) is 11.8 Å². The van der Waals surface area contributed by atoms with E-state index in [1.165, 1.54) is 0 Å². The molecule has 0 aliphatic rings. The molecule has 1 N–H and O–H groups in total. The van der Waals surface area contributed by atoms with Crippen LogP contribution in [0.3, 0.4) is 0 Å². The predicted octanol–water partition coefficient (Wildman–Crippen LogP) is 2.62. The number of aliphatic hydroxyl groups excluding tert-OH is 1. The average Bonchev–Trinajstić information content (AvgIpc) is 2.37. The first-order valence-electron chi connectivity index (χ1n) is 6.24. The molecule has 0 saturated heterocycles.